The van der Waals surface area contributed by atoms with Gasteiger partial charge in [-0.15, -0.1) is 0 Å². The Bertz CT molecular complexity index is 482. The molecule has 1 aliphatic rings. The molecule has 1 aliphatic heterocycles. The first-order valence-corrected chi connectivity index (χ1v) is 5.67. The lowest BCUT2D eigenvalue weighted by Gasteiger charge is -2.08. The van der Waals surface area contributed by atoms with Crippen LogP contribution >= 0.6 is 0 Å². The highest BCUT2D eigenvalue weighted by molar-refractivity contribution is 5.92. The number of hydrogen-bond donors (Lipinski definition) is 2. The fourth-order valence-electron chi connectivity index (χ4n) is 1.86. The number of imidazole rings is 1. The Morgan fingerprint density at radius 2 is 2.50 bits per heavy atom. The van der Waals surface area contributed by atoms with Crippen molar-refractivity contribution in [1.29, 1.82) is 0 Å². The average molecular weight is 250 g/mol. The van der Waals surface area contributed by atoms with Crippen LogP contribution in [0.1, 0.15) is 23.3 Å². The van der Waals surface area contributed by atoms with E-state index in [-0.39, 0.29) is 11.8 Å². The van der Waals surface area contributed by atoms with Crippen molar-refractivity contribution in [1.82, 2.24) is 14.9 Å². The summed E-state index contributed by atoms with van der Waals surface area (Å²) in [5.41, 5.74) is 6.05. The maximum atomic E-state index is 12.0. The van der Waals surface area contributed by atoms with Crippen molar-refractivity contribution in [3.8, 4) is 0 Å². The summed E-state index contributed by atoms with van der Waals surface area (Å²) in [5, 5.41) is 2.60. The zero-order valence-corrected chi connectivity index (χ0v) is 9.70. The van der Waals surface area contributed by atoms with E-state index in [4.69, 9.17) is 5.73 Å². The van der Waals surface area contributed by atoms with Gasteiger partial charge in [0.2, 0.25) is 5.91 Å². The smallest absolute Gasteiger partial charge is 0.254 e. The average Bonchev–Trinajstić information content (AvgIpc) is 2.97. The van der Waals surface area contributed by atoms with Crippen molar-refractivity contribution >= 4 is 18.1 Å². The topological polar surface area (TPSA) is 107 Å². The molecule has 2 heterocycles. The Labute approximate surface area is 103 Å². The van der Waals surface area contributed by atoms with Crippen LogP contribution in [0.15, 0.2) is 12.5 Å². The number of nitrogens with zero attached hydrogens (tertiary/aromatic N) is 2. The predicted octanol–water partition coefficient (Wildman–Crippen LogP) is -1.13. The van der Waals surface area contributed by atoms with Gasteiger partial charge in [0, 0.05) is 19.0 Å². The number of amides is 1. The molecule has 2 rings (SSSR count). The van der Waals surface area contributed by atoms with Crippen LogP contribution in [0.5, 0.6) is 0 Å². The molecule has 3 N–H and O–H groups in total. The fourth-order valence-corrected chi connectivity index (χ4v) is 1.86. The molecule has 0 bridgehead atoms. The highest BCUT2D eigenvalue weighted by Gasteiger charge is 2.28. The number of aldehydes is 1. The third-order valence-corrected chi connectivity index (χ3v) is 2.80. The van der Waals surface area contributed by atoms with Crippen LogP contribution in [0.25, 0.3) is 0 Å². The molecule has 0 aromatic carbocycles. The minimum absolute atomic E-state index is 0.114. The first-order chi connectivity index (χ1) is 8.60. The van der Waals surface area contributed by atoms with Crippen LogP contribution in [0, 0.1) is 0 Å². The first-order valence-electron chi connectivity index (χ1n) is 5.67. The van der Waals surface area contributed by atoms with Gasteiger partial charge in [-0.2, -0.15) is 0 Å². The predicted molar refractivity (Wildman–Crippen MR) is 61.8 cm³/mol. The van der Waals surface area contributed by atoms with Crippen LogP contribution in [0.2, 0.25) is 0 Å². The molecule has 1 aromatic rings. The summed E-state index contributed by atoms with van der Waals surface area (Å²) >= 11 is 0. The Hall–Kier alpha value is -2.02. The van der Waals surface area contributed by atoms with Crippen molar-refractivity contribution in [2.24, 2.45) is 5.73 Å². The number of carbonyl (C=O) groups is 3. The van der Waals surface area contributed by atoms with E-state index in [0.717, 1.165) is 0 Å². The molecule has 0 unspecified atom stereocenters. The van der Waals surface area contributed by atoms with Crippen LogP contribution in [0.4, 0.5) is 0 Å². The van der Waals surface area contributed by atoms with Crippen molar-refractivity contribution in [2.75, 3.05) is 0 Å². The van der Waals surface area contributed by atoms with Gasteiger partial charge in [0.25, 0.3) is 5.91 Å². The fraction of sp³-hybridized carbons (Fsp3) is 0.455. The Balaban J connectivity index is 2.03. The lowest BCUT2D eigenvalue weighted by Crippen LogP contribution is -2.36. The molecule has 0 saturated carbocycles. The number of carbonyl (C=O) groups excluding carboxylic acids is 3. The van der Waals surface area contributed by atoms with Gasteiger partial charge in [0.1, 0.15) is 18.7 Å². The van der Waals surface area contributed by atoms with Crippen LogP contribution in [-0.4, -0.2) is 39.7 Å². The van der Waals surface area contributed by atoms with E-state index in [1.54, 1.807) is 0 Å². The van der Waals surface area contributed by atoms with Gasteiger partial charge >= 0.3 is 0 Å². The monoisotopic (exact) mass is 250 g/mol. The highest BCUT2D eigenvalue weighted by Crippen LogP contribution is 2.10. The molecule has 18 heavy (non-hydrogen) atoms. The molecule has 1 saturated heterocycles. The lowest BCUT2D eigenvalue weighted by molar-refractivity contribution is -0.119. The van der Waals surface area contributed by atoms with Crippen molar-refractivity contribution in [2.45, 2.75) is 31.3 Å². The molecule has 2 atom stereocenters. The molecule has 1 fully saturated rings. The van der Waals surface area contributed by atoms with Crippen LogP contribution in [0.3, 0.4) is 0 Å². The normalized spacial score (nSPS) is 20.5. The van der Waals surface area contributed by atoms with Crippen molar-refractivity contribution < 1.29 is 14.4 Å². The molecule has 1 aromatic heterocycles. The summed E-state index contributed by atoms with van der Waals surface area (Å²) in [6.45, 7) is 0. The highest BCUT2D eigenvalue weighted by atomic mass is 16.2. The number of nitrogens with two attached hydrogens (primary N) is 1. The number of aromatic nitrogens is 2. The maximum absolute atomic E-state index is 12.0. The lowest BCUT2D eigenvalue weighted by atomic mass is 10.2. The SMILES string of the molecule is N[C@H](C=O)Cc1cn(C(=O)[C@@H]2CCC(=O)N2)cn1. The van der Waals surface area contributed by atoms with Gasteiger partial charge in [-0.3, -0.25) is 14.2 Å². The van der Waals surface area contributed by atoms with Gasteiger partial charge < -0.3 is 15.8 Å². The molecule has 0 radical (unpaired) electrons. The second-order valence-corrected chi connectivity index (χ2v) is 4.27. The Morgan fingerprint density at radius 3 is 3.11 bits per heavy atom. The van der Waals surface area contributed by atoms with E-state index in [0.29, 0.717) is 31.2 Å². The van der Waals surface area contributed by atoms with E-state index in [2.05, 4.69) is 10.3 Å². The summed E-state index contributed by atoms with van der Waals surface area (Å²) in [5.74, 6) is -0.337. The summed E-state index contributed by atoms with van der Waals surface area (Å²) in [6.07, 6.45) is 4.71. The quantitative estimate of drug-likeness (QED) is 0.657. The largest absolute Gasteiger partial charge is 0.344 e. The molecule has 1 amide bonds. The molecule has 7 nitrogen and oxygen atoms in total. The summed E-state index contributed by atoms with van der Waals surface area (Å²) in [7, 11) is 0. The summed E-state index contributed by atoms with van der Waals surface area (Å²) in [6, 6.07) is -1.10. The third kappa shape index (κ3) is 2.62. The van der Waals surface area contributed by atoms with Gasteiger partial charge in [0.05, 0.1) is 11.7 Å². The van der Waals surface area contributed by atoms with E-state index < -0.39 is 12.1 Å². The number of rotatable bonds is 4. The zero-order valence-electron chi connectivity index (χ0n) is 9.70. The van der Waals surface area contributed by atoms with Gasteiger partial charge in [-0.05, 0) is 6.42 Å². The number of nitrogens with one attached hydrogen (secondary N) is 1. The number of hydrogen-bond acceptors (Lipinski definition) is 5. The zero-order chi connectivity index (χ0) is 13.1. The molecule has 7 heteroatoms. The van der Waals surface area contributed by atoms with Crippen molar-refractivity contribution in [3.05, 3.63) is 18.2 Å². The molecule has 96 valence electrons. The van der Waals surface area contributed by atoms with Gasteiger partial charge in [0.15, 0.2) is 0 Å². The molecular formula is C11H14N4O3. The van der Waals surface area contributed by atoms with E-state index in [9.17, 15) is 14.4 Å². The maximum Gasteiger partial charge on any atom is 0.254 e. The second kappa shape index (κ2) is 5.09. The van der Waals surface area contributed by atoms with Gasteiger partial charge in [-0.25, -0.2) is 4.98 Å². The molecular weight excluding hydrogens is 236 g/mol. The van der Waals surface area contributed by atoms with Crippen LogP contribution in [-0.2, 0) is 16.0 Å². The van der Waals surface area contributed by atoms with Crippen LogP contribution < -0.4 is 11.1 Å². The molecule has 0 spiro atoms. The Morgan fingerprint density at radius 1 is 1.72 bits per heavy atom. The first kappa shape index (κ1) is 12.4. The van der Waals surface area contributed by atoms with E-state index in [1.807, 2.05) is 0 Å². The minimum Gasteiger partial charge on any atom is -0.344 e. The second-order valence-electron chi connectivity index (χ2n) is 4.27. The minimum atomic E-state index is -0.616. The summed E-state index contributed by atoms with van der Waals surface area (Å²) in [4.78, 5) is 37.4. The van der Waals surface area contributed by atoms with Crippen molar-refractivity contribution in [3.63, 3.8) is 0 Å². The van der Waals surface area contributed by atoms with E-state index in [1.165, 1.54) is 17.1 Å². The van der Waals surface area contributed by atoms with E-state index >= 15 is 0 Å². The third-order valence-electron chi connectivity index (χ3n) is 2.80. The molecule has 0 aliphatic carbocycles. The summed E-state index contributed by atoms with van der Waals surface area (Å²) < 4.78 is 1.32. The standard InChI is InChI=1S/C11H14N4O3/c12-7(5-16)3-8-4-15(6-13-8)11(18)9-1-2-10(17)14-9/h4-7,9H,1-3,12H2,(H,14,17)/t7-,9-/m0/s1. The Kier molecular flexibility index (Phi) is 3.52. The van der Waals surface area contributed by atoms with Gasteiger partial charge in [-0.1, -0.05) is 0 Å².